The van der Waals surface area contributed by atoms with E-state index in [-0.39, 0.29) is 0 Å². The highest BCUT2D eigenvalue weighted by atomic mass is 14.9. The number of fused-ring (bicyclic) bond motifs is 1. The molecule has 1 aromatic rings. The van der Waals surface area contributed by atoms with Gasteiger partial charge in [0.15, 0.2) is 0 Å². The summed E-state index contributed by atoms with van der Waals surface area (Å²) in [5, 5.41) is 3.48. The van der Waals surface area contributed by atoms with Gasteiger partial charge in [0, 0.05) is 12.6 Å². The molecule has 0 heterocycles. The van der Waals surface area contributed by atoms with Crippen molar-refractivity contribution in [3.05, 3.63) is 35.4 Å². The minimum absolute atomic E-state index is 0.439. The van der Waals surface area contributed by atoms with Crippen molar-refractivity contribution in [1.82, 2.24) is 5.32 Å². The van der Waals surface area contributed by atoms with Crippen molar-refractivity contribution in [3.8, 4) is 0 Å². The summed E-state index contributed by atoms with van der Waals surface area (Å²) in [6.07, 6.45) is 2.45. The van der Waals surface area contributed by atoms with Gasteiger partial charge in [0.1, 0.15) is 0 Å². The fourth-order valence-corrected chi connectivity index (χ4v) is 2.25. The fourth-order valence-electron chi connectivity index (χ4n) is 2.25. The predicted octanol–water partition coefficient (Wildman–Crippen LogP) is 1.34. The van der Waals surface area contributed by atoms with Gasteiger partial charge in [-0.25, -0.2) is 0 Å². The average molecular weight is 204 g/mol. The maximum Gasteiger partial charge on any atom is 0.0162 e. The van der Waals surface area contributed by atoms with Gasteiger partial charge >= 0.3 is 0 Å². The van der Waals surface area contributed by atoms with E-state index in [9.17, 15) is 0 Å². The summed E-state index contributed by atoms with van der Waals surface area (Å²) in [6, 6.07) is 9.21. The van der Waals surface area contributed by atoms with E-state index in [1.54, 1.807) is 0 Å². The Balaban J connectivity index is 1.85. The zero-order valence-corrected chi connectivity index (χ0v) is 9.37. The predicted molar refractivity (Wildman–Crippen MR) is 63.9 cm³/mol. The van der Waals surface area contributed by atoms with E-state index in [1.807, 2.05) is 0 Å². The molecule has 0 amide bonds. The maximum absolute atomic E-state index is 5.58. The molecule has 0 saturated heterocycles. The Labute approximate surface area is 91.9 Å². The van der Waals surface area contributed by atoms with Gasteiger partial charge in [0.25, 0.3) is 0 Å². The first-order valence-electron chi connectivity index (χ1n) is 5.80. The molecule has 1 unspecified atom stereocenters. The Hall–Kier alpha value is -0.860. The molecule has 82 valence electrons. The molecule has 0 fully saturated rings. The Morgan fingerprint density at radius 3 is 2.47 bits per heavy atom. The Morgan fingerprint density at radius 1 is 1.33 bits per heavy atom. The third-order valence-electron chi connectivity index (χ3n) is 3.24. The highest BCUT2D eigenvalue weighted by Crippen LogP contribution is 2.25. The second kappa shape index (κ2) is 4.77. The summed E-state index contributed by atoms with van der Waals surface area (Å²) in [5.41, 5.74) is 8.64. The number of nitrogens with one attached hydrogen (secondary N) is 1. The number of nitrogens with two attached hydrogens (primary N) is 1. The number of benzene rings is 1. The molecule has 1 aliphatic carbocycles. The van der Waals surface area contributed by atoms with Crippen LogP contribution in [0.2, 0.25) is 0 Å². The van der Waals surface area contributed by atoms with E-state index >= 15 is 0 Å². The molecular formula is C13H20N2. The highest BCUT2D eigenvalue weighted by Gasteiger charge is 2.20. The van der Waals surface area contributed by atoms with E-state index in [0.717, 1.165) is 19.0 Å². The molecule has 2 rings (SSSR count). The summed E-state index contributed by atoms with van der Waals surface area (Å²) in [6.45, 7) is 3.95. The van der Waals surface area contributed by atoms with Crippen LogP contribution < -0.4 is 11.1 Å². The molecule has 1 aliphatic rings. The van der Waals surface area contributed by atoms with Gasteiger partial charge in [-0.3, -0.25) is 0 Å². The van der Waals surface area contributed by atoms with Crippen molar-refractivity contribution >= 4 is 0 Å². The monoisotopic (exact) mass is 204 g/mol. The number of rotatable bonds is 4. The molecular weight excluding hydrogens is 184 g/mol. The summed E-state index contributed by atoms with van der Waals surface area (Å²) in [7, 11) is 0. The largest absolute Gasteiger partial charge is 0.329 e. The van der Waals surface area contributed by atoms with Gasteiger partial charge in [-0.15, -0.1) is 0 Å². The molecule has 1 atom stereocenters. The lowest BCUT2D eigenvalue weighted by atomic mass is 10.1. The summed E-state index contributed by atoms with van der Waals surface area (Å²) >= 11 is 0. The Bertz CT molecular complexity index is 297. The molecule has 0 aliphatic heterocycles. The standard InChI is InChI=1S/C13H20N2/c1-10(8-14)15-9-11-6-12-4-2-3-5-13(12)7-11/h2-5,10-11,15H,6-9,14H2,1H3. The molecule has 0 saturated carbocycles. The van der Waals surface area contributed by atoms with Gasteiger partial charge in [-0.1, -0.05) is 24.3 Å². The zero-order valence-electron chi connectivity index (χ0n) is 9.37. The van der Waals surface area contributed by atoms with Crippen LogP contribution in [-0.4, -0.2) is 19.1 Å². The van der Waals surface area contributed by atoms with Crippen LogP contribution in [0.1, 0.15) is 18.1 Å². The third kappa shape index (κ3) is 2.58. The first-order chi connectivity index (χ1) is 7.29. The first kappa shape index (κ1) is 10.7. The first-order valence-corrected chi connectivity index (χ1v) is 5.80. The molecule has 0 spiro atoms. The Kier molecular flexibility index (Phi) is 3.39. The summed E-state index contributed by atoms with van der Waals surface area (Å²) in [4.78, 5) is 0. The quantitative estimate of drug-likeness (QED) is 0.776. The summed E-state index contributed by atoms with van der Waals surface area (Å²) < 4.78 is 0. The molecule has 2 nitrogen and oxygen atoms in total. The third-order valence-corrected chi connectivity index (χ3v) is 3.24. The van der Waals surface area contributed by atoms with Crippen LogP contribution >= 0.6 is 0 Å². The minimum atomic E-state index is 0.439. The zero-order chi connectivity index (χ0) is 10.7. The van der Waals surface area contributed by atoms with Crippen LogP contribution in [0.4, 0.5) is 0 Å². The van der Waals surface area contributed by atoms with Crippen molar-refractivity contribution in [1.29, 1.82) is 0 Å². The van der Waals surface area contributed by atoms with E-state index in [2.05, 4.69) is 36.5 Å². The van der Waals surface area contributed by atoms with E-state index in [1.165, 1.54) is 24.0 Å². The van der Waals surface area contributed by atoms with Crippen LogP contribution in [0.25, 0.3) is 0 Å². The lowest BCUT2D eigenvalue weighted by molar-refractivity contribution is 0.454. The van der Waals surface area contributed by atoms with Crippen LogP contribution in [0.5, 0.6) is 0 Å². The van der Waals surface area contributed by atoms with Gasteiger partial charge < -0.3 is 11.1 Å². The smallest absolute Gasteiger partial charge is 0.0162 e. The second-order valence-electron chi connectivity index (χ2n) is 4.59. The molecule has 3 N–H and O–H groups in total. The lowest BCUT2D eigenvalue weighted by Crippen LogP contribution is -2.36. The van der Waals surface area contributed by atoms with Crippen LogP contribution in [0.3, 0.4) is 0 Å². The molecule has 0 aromatic heterocycles. The molecule has 0 bridgehead atoms. The number of hydrogen-bond acceptors (Lipinski definition) is 2. The average Bonchev–Trinajstić information content (AvgIpc) is 2.68. The van der Waals surface area contributed by atoms with Crippen molar-refractivity contribution in [2.45, 2.75) is 25.8 Å². The van der Waals surface area contributed by atoms with Crippen molar-refractivity contribution in [2.75, 3.05) is 13.1 Å². The number of hydrogen-bond donors (Lipinski definition) is 2. The topological polar surface area (TPSA) is 38.0 Å². The van der Waals surface area contributed by atoms with Crippen LogP contribution in [0, 0.1) is 5.92 Å². The second-order valence-corrected chi connectivity index (χ2v) is 4.59. The van der Waals surface area contributed by atoms with Crippen molar-refractivity contribution in [3.63, 3.8) is 0 Å². The van der Waals surface area contributed by atoms with Crippen molar-refractivity contribution in [2.24, 2.45) is 11.7 Å². The summed E-state index contributed by atoms with van der Waals surface area (Å²) in [5.74, 6) is 0.761. The normalized spacial score (nSPS) is 17.7. The SMILES string of the molecule is CC(CN)NCC1Cc2ccccc2C1. The molecule has 1 aromatic carbocycles. The molecule has 15 heavy (non-hydrogen) atoms. The van der Waals surface area contributed by atoms with Crippen molar-refractivity contribution < 1.29 is 0 Å². The lowest BCUT2D eigenvalue weighted by Gasteiger charge is -2.15. The van der Waals surface area contributed by atoms with Gasteiger partial charge in [0.2, 0.25) is 0 Å². The maximum atomic E-state index is 5.58. The highest BCUT2D eigenvalue weighted by molar-refractivity contribution is 5.32. The molecule has 0 radical (unpaired) electrons. The van der Waals surface area contributed by atoms with Gasteiger partial charge in [-0.05, 0) is 43.4 Å². The van der Waals surface area contributed by atoms with E-state index in [0.29, 0.717) is 6.04 Å². The van der Waals surface area contributed by atoms with Crippen LogP contribution in [0.15, 0.2) is 24.3 Å². The van der Waals surface area contributed by atoms with E-state index in [4.69, 9.17) is 5.73 Å². The molecule has 2 heteroatoms. The fraction of sp³-hybridized carbons (Fsp3) is 0.538. The van der Waals surface area contributed by atoms with E-state index < -0.39 is 0 Å². The van der Waals surface area contributed by atoms with Crippen LogP contribution in [-0.2, 0) is 12.8 Å². The van der Waals surface area contributed by atoms with Gasteiger partial charge in [-0.2, -0.15) is 0 Å². The van der Waals surface area contributed by atoms with Gasteiger partial charge in [0.05, 0.1) is 0 Å². The Morgan fingerprint density at radius 2 is 1.93 bits per heavy atom. The minimum Gasteiger partial charge on any atom is -0.329 e.